The van der Waals surface area contributed by atoms with E-state index in [-0.39, 0.29) is 0 Å². The van der Waals surface area contributed by atoms with Gasteiger partial charge in [0.25, 0.3) is 0 Å². The standard InChI is InChI=1S/C16H26N2O2/c1-18(2)14-9-7-13(8-10-14)17-11-15(19)12-20-16-5-3-4-6-16/h7-10,15-17,19H,3-6,11-12H2,1-2H3. The van der Waals surface area contributed by atoms with Crippen LogP contribution in [0.15, 0.2) is 24.3 Å². The highest BCUT2D eigenvalue weighted by Crippen LogP contribution is 2.21. The first kappa shape index (κ1) is 15.1. The van der Waals surface area contributed by atoms with Gasteiger partial charge in [0, 0.05) is 32.0 Å². The van der Waals surface area contributed by atoms with Crippen LogP contribution in [0.25, 0.3) is 0 Å². The van der Waals surface area contributed by atoms with Gasteiger partial charge in [0.15, 0.2) is 0 Å². The van der Waals surface area contributed by atoms with E-state index < -0.39 is 6.10 Å². The van der Waals surface area contributed by atoms with E-state index in [9.17, 15) is 5.11 Å². The predicted octanol–water partition coefficient (Wildman–Crippen LogP) is 2.48. The average molecular weight is 278 g/mol. The summed E-state index contributed by atoms with van der Waals surface area (Å²) >= 11 is 0. The zero-order valence-electron chi connectivity index (χ0n) is 12.5. The Bertz CT molecular complexity index is 386. The summed E-state index contributed by atoms with van der Waals surface area (Å²) < 4.78 is 5.71. The van der Waals surface area contributed by atoms with Crippen molar-refractivity contribution in [2.45, 2.75) is 37.9 Å². The fourth-order valence-corrected chi connectivity index (χ4v) is 2.47. The van der Waals surface area contributed by atoms with Gasteiger partial charge in [-0.25, -0.2) is 0 Å². The van der Waals surface area contributed by atoms with Crippen LogP contribution in [0.3, 0.4) is 0 Å². The minimum absolute atomic E-state index is 0.365. The molecule has 1 unspecified atom stereocenters. The molecule has 0 heterocycles. The molecule has 112 valence electrons. The van der Waals surface area contributed by atoms with Crippen LogP contribution >= 0.6 is 0 Å². The number of aliphatic hydroxyl groups excluding tert-OH is 1. The second kappa shape index (κ2) is 7.50. The minimum Gasteiger partial charge on any atom is -0.389 e. The molecular formula is C16H26N2O2. The van der Waals surface area contributed by atoms with Crippen molar-refractivity contribution < 1.29 is 9.84 Å². The molecule has 1 aliphatic rings. The Kier molecular flexibility index (Phi) is 5.68. The molecule has 4 heteroatoms. The Morgan fingerprint density at radius 1 is 1.25 bits per heavy atom. The number of aliphatic hydroxyl groups is 1. The van der Waals surface area contributed by atoms with Gasteiger partial charge in [-0.15, -0.1) is 0 Å². The van der Waals surface area contributed by atoms with Gasteiger partial charge in [0.05, 0.1) is 18.8 Å². The van der Waals surface area contributed by atoms with Gasteiger partial charge >= 0.3 is 0 Å². The van der Waals surface area contributed by atoms with Crippen LogP contribution in [0.2, 0.25) is 0 Å². The first-order chi connectivity index (χ1) is 9.65. The molecule has 1 aromatic rings. The second-order valence-corrected chi connectivity index (χ2v) is 5.72. The number of benzene rings is 1. The Morgan fingerprint density at radius 2 is 1.90 bits per heavy atom. The third-order valence-corrected chi connectivity index (χ3v) is 3.75. The highest BCUT2D eigenvalue weighted by atomic mass is 16.5. The molecule has 0 amide bonds. The summed E-state index contributed by atoms with van der Waals surface area (Å²) in [5, 5.41) is 13.2. The van der Waals surface area contributed by atoms with Crippen molar-refractivity contribution in [3.8, 4) is 0 Å². The fourth-order valence-electron chi connectivity index (χ4n) is 2.47. The zero-order valence-corrected chi connectivity index (χ0v) is 12.5. The van der Waals surface area contributed by atoms with Crippen LogP contribution in [0.4, 0.5) is 11.4 Å². The molecule has 0 spiro atoms. The highest BCUT2D eigenvalue weighted by molar-refractivity contribution is 5.54. The van der Waals surface area contributed by atoms with Crippen molar-refractivity contribution in [1.82, 2.24) is 0 Å². The number of ether oxygens (including phenoxy) is 1. The molecule has 0 radical (unpaired) electrons. The molecule has 1 fully saturated rings. The van der Waals surface area contributed by atoms with Crippen LogP contribution in [-0.2, 0) is 4.74 Å². The molecule has 0 aliphatic heterocycles. The molecule has 0 bridgehead atoms. The van der Waals surface area contributed by atoms with E-state index in [0.717, 1.165) is 18.5 Å². The van der Waals surface area contributed by atoms with Crippen LogP contribution < -0.4 is 10.2 Å². The molecular weight excluding hydrogens is 252 g/mol. The number of nitrogens with one attached hydrogen (secondary N) is 1. The van der Waals surface area contributed by atoms with Gasteiger partial charge in [-0.2, -0.15) is 0 Å². The normalized spacial score (nSPS) is 17.1. The third kappa shape index (κ3) is 4.69. The Morgan fingerprint density at radius 3 is 2.50 bits per heavy atom. The summed E-state index contributed by atoms with van der Waals surface area (Å²) in [7, 11) is 4.04. The highest BCUT2D eigenvalue weighted by Gasteiger charge is 2.16. The van der Waals surface area contributed by atoms with E-state index in [0.29, 0.717) is 19.3 Å². The average Bonchev–Trinajstić information content (AvgIpc) is 2.96. The van der Waals surface area contributed by atoms with E-state index >= 15 is 0 Å². The van der Waals surface area contributed by atoms with Crippen molar-refractivity contribution in [2.24, 2.45) is 0 Å². The van der Waals surface area contributed by atoms with Crippen molar-refractivity contribution in [3.05, 3.63) is 24.3 Å². The largest absolute Gasteiger partial charge is 0.389 e. The number of hydrogen-bond donors (Lipinski definition) is 2. The van der Waals surface area contributed by atoms with Gasteiger partial charge in [-0.05, 0) is 37.1 Å². The molecule has 0 saturated heterocycles. The molecule has 1 aromatic carbocycles. The molecule has 2 rings (SSSR count). The van der Waals surface area contributed by atoms with E-state index in [1.807, 2.05) is 26.2 Å². The first-order valence-electron chi connectivity index (χ1n) is 7.46. The van der Waals surface area contributed by atoms with Gasteiger partial charge in [-0.1, -0.05) is 12.8 Å². The number of anilines is 2. The van der Waals surface area contributed by atoms with E-state index in [1.165, 1.54) is 18.5 Å². The van der Waals surface area contributed by atoms with Crippen molar-refractivity contribution >= 4 is 11.4 Å². The minimum atomic E-state index is -0.455. The predicted molar refractivity (Wildman–Crippen MR) is 83.5 cm³/mol. The van der Waals surface area contributed by atoms with Crippen molar-refractivity contribution in [3.63, 3.8) is 0 Å². The number of nitrogens with zero attached hydrogens (tertiary/aromatic N) is 1. The SMILES string of the molecule is CN(C)c1ccc(NCC(O)COC2CCCC2)cc1. The quantitative estimate of drug-likeness (QED) is 0.804. The molecule has 20 heavy (non-hydrogen) atoms. The maximum Gasteiger partial charge on any atom is 0.0945 e. The van der Waals surface area contributed by atoms with Crippen LogP contribution in [0.1, 0.15) is 25.7 Å². The van der Waals surface area contributed by atoms with Crippen molar-refractivity contribution in [1.29, 1.82) is 0 Å². The summed E-state index contributed by atoms with van der Waals surface area (Å²) in [6, 6.07) is 8.17. The molecule has 0 aromatic heterocycles. The Labute approximate surface area is 121 Å². The van der Waals surface area contributed by atoms with E-state index in [1.54, 1.807) is 0 Å². The smallest absolute Gasteiger partial charge is 0.0945 e. The number of hydrogen-bond acceptors (Lipinski definition) is 4. The van der Waals surface area contributed by atoms with Crippen LogP contribution in [0, 0.1) is 0 Å². The lowest BCUT2D eigenvalue weighted by atomic mass is 10.2. The molecule has 4 nitrogen and oxygen atoms in total. The van der Waals surface area contributed by atoms with Crippen LogP contribution in [0.5, 0.6) is 0 Å². The van der Waals surface area contributed by atoms with Crippen molar-refractivity contribution in [2.75, 3.05) is 37.5 Å². The Hall–Kier alpha value is -1.26. The zero-order chi connectivity index (χ0) is 14.4. The van der Waals surface area contributed by atoms with Gasteiger partial charge < -0.3 is 20.1 Å². The summed E-state index contributed by atoms with van der Waals surface area (Å²) in [6.07, 6.45) is 4.72. The Balaban J connectivity index is 1.68. The summed E-state index contributed by atoms with van der Waals surface area (Å²) in [6.45, 7) is 0.946. The van der Waals surface area contributed by atoms with E-state index in [4.69, 9.17) is 4.74 Å². The van der Waals surface area contributed by atoms with Gasteiger partial charge in [-0.3, -0.25) is 0 Å². The molecule has 1 aliphatic carbocycles. The third-order valence-electron chi connectivity index (χ3n) is 3.75. The second-order valence-electron chi connectivity index (χ2n) is 5.72. The van der Waals surface area contributed by atoms with Gasteiger partial charge in [0.1, 0.15) is 0 Å². The molecule has 2 N–H and O–H groups in total. The maximum atomic E-state index is 9.92. The molecule has 1 atom stereocenters. The summed E-state index contributed by atoms with van der Waals surface area (Å²) in [4.78, 5) is 2.06. The van der Waals surface area contributed by atoms with Gasteiger partial charge in [0.2, 0.25) is 0 Å². The maximum absolute atomic E-state index is 9.92. The van der Waals surface area contributed by atoms with E-state index in [2.05, 4.69) is 22.3 Å². The lowest BCUT2D eigenvalue weighted by Crippen LogP contribution is -2.27. The monoisotopic (exact) mass is 278 g/mol. The first-order valence-corrected chi connectivity index (χ1v) is 7.46. The fraction of sp³-hybridized carbons (Fsp3) is 0.625. The van der Waals surface area contributed by atoms with Crippen LogP contribution in [-0.4, -0.2) is 44.6 Å². The molecule has 1 saturated carbocycles. The number of rotatable bonds is 7. The lowest BCUT2D eigenvalue weighted by Gasteiger charge is -2.17. The summed E-state index contributed by atoms with van der Waals surface area (Å²) in [5.74, 6) is 0. The summed E-state index contributed by atoms with van der Waals surface area (Å²) in [5.41, 5.74) is 2.19. The lowest BCUT2D eigenvalue weighted by molar-refractivity contribution is -0.00117. The topological polar surface area (TPSA) is 44.7 Å².